The van der Waals surface area contributed by atoms with E-state index < -0.39 is 23.9 Å². The van der Waals surface area contributed by atoms with E-state index in [0.29, 0.717) is 16.3 Å². The van der Waals surface area contributed by atoms with Gasteiger partial charge in [-0.25, -0.2) is 0 Å². The quantitative estimate of drug-likeness (QED) is 0.303. The lowest BCUT2D eigenvalue weighted by Gasteiger charge is -2.28. The monoisotopic (exact) mass is 492 g/mol. The van der Waals surface area contributed by atoms with Gasteiger partial charge in [-0.05, 0) is 66.8 Å². The Morgan fingerprint density at radius 3 is 2.48 bits per heavy atom. The highest BCUT2D eigenvalue weighted by atomic mass is 35.5. The molecule has 4 rings (SSSR count). The number of ether oxygens (including phenoxy) is 1. The van der Waals surface area contributed by atoms with Gasteiger partial charge < -0.3 is 9.15 Å². The summed E-state index contributed by atoms with van der Waals surface area (Å²) >= 11 is 11.0. The van der Waals surface area contributed by atoms with Gasteiger partial charge in [-0.1, -0.05) is 23.7 Å². The Balaban J connectivity index is 1.62. The smallest absolute Gasteiger partial charge is 0.457 e. The Morgan fingerprint density at radius 1 is 1.06 bits per heavy atom. The molecular weight excluding hydrogens is 481 g/mol. The molecule has 1 aliphatic rings. The molecule has 0 radical (unpaired) electrons. The van der Waals surface area contributed by atoms with E-state index in [9.17, 15) is 22.8 Å². The minimum atomic E-state index is -4.83. The number of nitrogens with one attached hydrogen (secondary N) is 1. The molecule has 6 nitrogen and oxygen atoms in total. The third-order valence-corrected chi connectivity index (χ3v) is 4.99. The van der Waals surface area contributed by atoms with E-state index in [-0.39, 0.29) is 22.2 Å². The van der Waals surface area contributed by atoms with Gasteiger partial charge in [-0.2, -0.15) is 0 Å². The predicted molar refractivity (Wildman–Crippen MR) is 118 cm³/mol. The van der Waals surface area contributed by atoms with Crippen LogP contribution in [0.15, 0.2) is 70.7 Å². The number of hydrogen-bond donors (Lipinski definition) is 1. The first kappa shape index (κ1) is 22.6. The SMILES string of the molecule is O=C1NC(=S)N(c2ccc(Cl)cc2)C(=O)/C1=C/c1ccc(-c2cccc(OC(F)(F)F)c2)o1. The molecule has 2 amide bonds. The van der Waals surface area contributed by atoms with Gasteiger partial charge in [-0.3, -0.25) is 19.8 Å². The van der Waals surface area contributed by atoms with E-state index in [0.717, 1.165) is 17.0 Å². The van der Waals surface area contributed by atoms with E-state index in [4.69, 9.17) is 28.2 Å². The van der Waals surface area contributed by atoms with Crippen molar-refractivity contribution in [3.63, 3.8) is 0 Å². The van der Waals surface area contributed by atoms with Crippen LogP contribution in [0.2, 0.25) is 5.02 Å². The number of carbonyl (C=O) groups excluding carboxylic acids is 2. The van der Waals surface area contributed by atoms with Crippen LogP contribution < -0.4 is 15.0 Å². The van der Waals surface area contributed by atoms with Crippen molar-refractivity contribution in [2.45, 2.75) is 6.36 Å². The van der Waals surface area contributed by atoms with Crippen LogP contribution in [0.25, 0.3) is 17.4 Å². The zero-order chi connectivity index (χ0) is 23.8. The summed E-state index contributed by atoms with van der Waals surface area (Å²) in [6.07, 6.45) is -3.61. The molecule has 168 valence electrons. The number of alkyl halides is 3. The molecule has 0 spiro atoms. The summed E-state index contributed by atoms with van der Waals surface area (Å²) in [7, 11) is 0. The van der Waals surface area contributed by atoms with Gasteiger partial charge in [0.1, 0.15) is 22.8 Å². The fourth-order valence-electron chi connectivity index (χ4n) is 3.06. The lowest BCUT2D eigenvalue weighted by atomic mass is 10.1. The number of furan rings is 1. The van der Waals surface area contributed by atoms with Gasteiger partial charge in [0.15, 0.2) is 5.11 Å². The molecule has 0 saturated carbocycles. The van der Waals surface area contributed by atoms with Crippen LogP contribution in [0, 0.1) is 0 Å². The van der Waals surface area contributed by atoms with Gasteiger partial charge in [0, 0.05) is 10.6 Å². The summed E-state index contributed by atoms with van der Waals surface area (Å²) < 4.78 is 47.0. The third kappa shape index (κ3) is 5.07. The van der Waals surface area contributed by atoms with Crippen LogP contribution in [0.4, 0.5) is 18.9 Å². The lowest BCUT2D eigenvalue weighted by Crippen LogP contribution is -2.54. The maximum absolute atomic E-state index is 13.0. The Kier molecular flexibility index (Phi) is 5.96. The van der Waals surface area contributed by atoms with Crippen molar-refractivity contribution in [2.75, 3.05) is 4.90 Å². The van der Waals surface area contributed by atoms with Gasteiger partial charge in [0.2, 0.25) is 0 Å². The summed E-state index contributed by atoms with van der Waals surface area (Å²) in [6, 6.07) is 14.5. The van der Waals surface area contributed by atoms with E-state index in [1.165, 1.54) is 30.3 Å². The molecule has 0 unspecified atom stereocenters. The van der Waals surface area contributed by atoms with E-state index in [2.05, 4.69) is 10.1 Å². The molecule has 1 aliphatic heterocycles. The molecule has 0 aliphatic carbocycles. The zero-order valence-electron chi connectivity index (χ0n) is 16.4. The van der Waals surface area contributed by atoms with Crippen molar-refractivity contribution in [3.8, 4) is 17.1 Å². The number of hydrogen-bond acceptors (Lipinski definition) is 5. The maximum Gasteiger partial charge on any atom is 0.573 e. The van der Waals surface area contributed by atoms with Crippen molar-refractivity contribution < 1.29 is 31.9 Å². The van der Waals surface area contributed by atoms with Crippen molar-refractivity contribution in [1.82, 2.24) is 5.32 Å². The number of benzene rings is 2. The molecular formula is C22H12ClF3N2O4S. The summed E-state index contributed by atoms with van der Waals surface area (Å²) in [5, 5.41) is 2.81. The van der Waals surface area contributed by atoms with E-state index in [1.807, 2.05) is 0 Å². The van der Waals surface area contributed by atoms with E-state index >= 15 is 0 Å². The molecule has 1 fully saturated rings. The van der Waals surface area contributed by atoms with Crippen molar-refractivity contribution in [3.05, 3.63) is 77.0 Å². The summed E-state index contributed by atoms with van der Waals surface area (Å²) in [4.78, 5) is 26.5. The normalized spacial score (nSPS) is 15.7. The highest BCUT2D eigenvalue weighted by molar-refractivity contribution is 7.80. The van der Waals surface area contributed by atoms with Crippen LogP contribution in [0.3, 0.4) is 0 Å². The average Bonchev–Trinajstić information content (AvgIpc) is 3.20. The second-order valence-electron chi connectivity index (χ2n) is 6.71. The molecule has 0 atom stereocenters. The largest absolute Gasteiger partial charge is 0.573 e. The zero-order valence-corrected chi connectivity index (χ0v) is 17.9. The van der Waals surface area contributed by atoms with Crippen molar-refractivity contribution >= 4 is 52.5 Å². The van der Waals surface area contributed by atoms with Crippen molar-refractivity contribution in [1.29, 1.82) is 0 Å². The molecule has 0 bridgehead atoms. The first-order valence-corrected chi connectivity index (χ1v) is 10.0. The molecule has 2 aromatic carbocycles. The molecule has 1 saturated heterocycles. The third-order valence-electron chi connectivity index (χ3n) is 4.45. The number of amides is 2. The highest BCUT2D eigenvalue weighted by Gasteiger charge is 2.35. The number of rotatable bonds is 4. The molecule has 3 aromatic rings. The van der Waals surface area contributed by atoms with Crippen LogP contribution in [0.1, 0.15) is 5.76 Å². The molecule has 33 heavy (non-hydrogen) atoms. The van der Waals surface area contributed by atoms with Gasteiger partial charge in [0.05, 0.1) is 5.69 Å². The topological polar surface area (TPSA) is 71.8 Å². The number of halogens is 4. The molecule has 1 N–H and O–H groups in total. The number of carbonyl (C=O) groups is 2. The average molecular weight is 493 g/mol. The molecule has 1 aromatic heterocycles. The predicted octanol–water partition coefficient (Wildman–Crippen LogP) is 5.33. The second kappa shape index (κ2) is 8.72. The lowest BCUT2D eigenvalue weighted by molar-refractivity contribution is -0.274. The summed E-state index contributed by atoms with van der Waals surface area (Å²) in [6.45, 7) is 0. The summed E-state index contributed by atoms with van der Waals surface area (Å²) in [5.41, 5.74) is 0.473. The van der Waals surface area contributed by atoms with Crippen LogP contribution in [-0.2, 0) is 9.59 Å². The van der Waals surface area contributed by atoms with Crippen LogP contribution in [-0.4, -0.2) is 23.3 Å². The minimum Gasteiger partial charge on any atom is -0.457 e. The second-order valence-corrected chi connectivity index (χ2v) is 7.54. The number of anilines is 1. The molecule has 2 heterocycles. The van der Waals surface area contributed by atoms with Crippen LogP contribution in [0.5, 0.6) is 5.75 Å². The highest BCUT2D eigenvalue weighted by Crippen LogP contribution is 2.30. The Hall–Kier alpha value is -3.63. The maximum atomic E-state index is 13.0. The van der Waals surface area contributed by atoms with E-state index in [1.54, 1.807) is 24.3 Å². The Bertz CT molecular complexity index is 1290. The number of nitrogens with zero attached hydrogens (tertiary/aromatic N) is 1. The molecule has 11 heteroatoms. The van der Waals surface area contributed by atoms with Gasteiger partial charge >= 0.3 is 6.36 Å². The van der Waals surface area contributed by atoms with Crippen molar-refractivity contribution in [2.24, 2.45) is 0 Å². The first-order chi connectivity index (χ1) is 15.6. The first-order valence-electron chi connectivity index (χ1n) is 9.24. The minimum absolute atomic E-state index is 0.0916. The Morgan fingerprint density at radius 2 is 1.79 bits per heavy atom. The summed E-state index contributed by atoms with van der Waals surface area (Å²) in [5.74, 6) is -1.46. The standard InChI is InChI=1S/C22H12ClF3N2O4S/c23-13-4-6-14(7-5-13)28-20(30)17(19(29)27-21(28)33)11-15-8-9-18(31-15)12-2-1-3-16(10-12)32-22(24,25)26/h1-11H,(H,27,29,33)/b17-11+. The number of thiocarbonyl (C=S) groups is 1. The van der Waals surface area contributed by atoms with Gasteiger partial charge in [-0.15, -0.1) is 13.2 Å². The van der Waals surface area contributed by atoms with Gasteiger partial charge in [0.25, 0.3) is 11.8 Å². The fraction of sp³-hybridized carbons (Fsp3) is 0.0455. The van der Waals surface area contributed by atoms with Crippen LogP contribution >= 0.6 is 23.8 Å². The fourth-order valence-corrected chi connectivity index (χ4v) is 3.46. The Labute approximate surface area is 195 Å².